The molecule has 1 unspecified atom stereocenters. The van der Waals surface area contributed by atoms with Gasteiger partial charge in [0.1, 0.15) is 11.5 Å². The fraction of sp³-hybridized carbons (Fsp3) is 0.562. The number of rotatable bonds is 5. The molecule has 1 N–H and O–H groups in total. The van der Waals surface area contributed by atoms with Gasteiger partial charge in [-0.15, -0.1) is 0 Å². The van der Waals surface area contributed by atoms with E-state index in [2.05, 4.69) is 28.2 Å². The third kappa shape index (κ3) is 3.23. The van der Waals surface area contributed by atoms with Gasteiger partial charge in [0.2, 0.25) is 0 Å². The van der Waals surface area contributed by atoms with Crippen LogP contribution in [0.3, 0.4) is 0 Å². The van der Waals surface area contributed by atoms with E-state index in [1.807, 2.05) is 18.2 Å². The number of Topliss-reactive ketones (excluding diaryl/α,β-unsaturated/α-hetero) is 1. The van der Waals surface area contributed by atoms with Gasteiger partial charge < -0.3 is 10.1 Å². The Bertz CT molecular complexity index is 481. The van der Waals surface area contributed by atoms with E-state index in [9.17, 15) is 4.79 Å². The van der Waals surface area contributed by atoms with Crippen molar-refractivity contribution in [1.82, 2.24) is 5.32 Å². The van der Waals surface area contributed by atoms with E-state index in [1.54, 1.807) is 7.11 Å². The number of carbonyl (C=O) groups is 1. The molecule has 1 aromatic rings. The Kier molecular flexibility index (Phi) is 5.22. The van der Waals surface area contributed by atoms with Gasteiger partial charge in [-0.05, 0) is 44.0 Å². The van der Waals surface area contributed by atoms with Crippen LogP contribution in [0.15, 0.2) is 22.7 Å². The van der Waals surface area contributed by atoms with Crippen molar-refractivity contribution in [2.45, 2.75) is 32.6 Å². The third-order valence-corrected chi connectivity index (χ3v) is 4.83. The molecule has 3 nitrogen and oxygen atoms in total. The van der Waals surface area contributed by atoms with Crippen molar-refractivity contribution in [3.63, 3.8) is 0 Å². The average Bonchev–Trinajstić information content (AvgIpc) is 2.48. The zero-order valence-corrected chi connectivity index (χ0v) is 13.8. The first-order chi connectivity index (χ1) is 9.61. The quantitative estimate of drug-likeness (QED) is 0.893. The fourth-order valence-corrected chi connectivity index (χ4v) is 3.36. The summed E-state index contributed by atoms with van der Waals surface area (Å²) in [5, 5.41) is 3.37. The van der Waals surface area contributed by atoms with Gasteiger partial charge in [-0.3, -0.25) is 4.79 Å². The van der Waals surface area contributed by atoms with Gasteiger partial charge in [-0.1, -0.05) is 22.9 Å². The van der Waals surface area contributed by atoms with Crippen LogP contribution in [-0.4, -0.2) is 26.0 Å². The number of nitrogens with one attached hydrogen (secondary N) is 1. The largest absolute Gasteiger partial charge is 0.496 e. The van der Waals surface area contributed by atoms with Crippen LogP contribution >= 0.6 is 15.9 Å². The molecule has 0 amide bonds. The van der Waals surface area contributed by atoms with Crippen molar-refractivity contribution in [3.8, 4) is 5.75 Å². The summed E-state index contributed by atoms with van der Waals surface area (Å²) in [5.74, 6) is 1.11. The molecule has 1 aliphatic rings. The van der Waals surface area contributed by atoms with Crippen molar-refractivity contribution in [1.29, 1.82) is 0 Å². The van der Waals surface area contributed by atoms with Crippen LogP contribution in [0.4, 0.5) is 0 Å². The van der Waals surface area contributed by atoms with Crippen LogP contribution in [0.2, 0.25) is 0 Å². The number of piperidine rings is 1. The van der Waals surface area contributed by atoms with E-state index >= 15 is 0 Å². The summed E-state index contributed by atoms with van der Waals surface area (Å²) in [7, 11) is 1.65. The first-order valence-corrected chi connectivity index (χ1v) is 7.97. The number of hydrogen-bond acceptors (Lipinski definition) is 3. The smallest absolute Gasteiger partial charge is 0.144 e. The highest BCUT2D eigenvalue weighted by molar-refractivity contribution is 9.10. The molecule has 1 aromatic carbocycles. The van der Waals surface area contributed by atoms with Crippen LogP contribution in [0, 0.1) is 5.41 Å². The number of halogens is 1. The lowest BCUT2D eigenvalue weighted by Gasteiger charge is -2.35. The molecule has 1 aliphatic heterocycles. The zero-order chi connectivity index (χ0) is 14.6. The topological polar surface area (TPSA) is 38.3 Å². The van der Waals surface area contributed by atoms with Crippen LogP contribution < -0.4 is 10.1 Å². The Morgan fingerprint density at radius 1 is 1.50 bits per heavy atom. The molecule has 1 saturated heterocycles. The Hall–Kier alpha value is -0.870. The summed E-state index contributed by atoms with van der Waals surface area (Å²) >= 11 is 3.46. The highest BCUT2D eigenvalue weighted by atomic mass is 79.9. The monoisotopic (exact) mass is 339 g/mol. The summed E-state index contributed by atoms with van der Waals surface area (Å²) in [5.41, 5.74) is 0.760. The van der Waals surface area contributed by atoms with E-state index in [4.69, 9.17) is 4.74 Å². The SMILES string of the molecule is CCC1(C(=O)Cc2cc(Br)ccc2OC)CCCNC1. The van der Waals surface area contributed by atoms with Gasteiger partial charge in [0.25, 0.3) is 0 Å². The molecular formula is C16H22BrNO2. The highest BCUT2D eigenvalue weighted by Crippen LogP contribution is 2.34. The van der Waals surface area contributed by atoms with Gasteiger partial charge in [0.15, 0.2) is 0 Å². The van der Waals surface area contributed by atoms with Crippen LogP contribution in [0.5, 0.6) is 5.75 Å². The summed E-state index contributed by atoms with van der Waals surface area (Å²) in [6.07, 6.45) is 3.41. The fourth-order valence-electron chi connectivity index (χ4n) is 2.95. The summed E-state index contributed by atoms with van der Waals surface area (Å²) in [6.45, 7) is 3.94. The standard InChI is InChI=1S/C16H22BrNO2/c1-3-16(7-4-8-18-11-16)15(19)10-12-9-13(17)5-6-14(12)20-2/h5-6,9,18H,3-4,7-8,10-11H2,1-2H3. The second-order valence-corrected chi connectivity index (χ2v) is 6.39. The Morgan fingerprint density at radius 3 is 2.90 bits per heavy atom. The summed E-state index contributed by atoms with van der Waals surface area (Å²) in [4.78, 5) is 12.8. The molecule has 0 aliphatic carbocycles. The third-order valence-electron chi connectivity index (χ3n) is 4.33. The number of methoxy groups -OCH3 is 1. The van der Waals surface area contributed by atoms with Crippen molar-refractivity contribution in [3.05, 3.63) is 28.2 Å². The maximum absolute atomic E-state index is 12.8. The number of ketones is 1. The Morgan fingerprint density at radius 2 is 2.30 bits per heavy atom. The van der Waals surface area contributed by atoms with E-state index in [1.165, 1.54) is 0 Å². The van der Waals surface area contributed by atoms with Gasteiger partial charge in [-0.25, -0.2) is 0 Å². The van der Waals surface area contributed by atoms with E-state index in [0.29, 0.717) is 12.2 Å². The number of ether oxygens (including phenoxy) is 1. The second-order valence-electron chi connectivity index (χ2n) is 5.47. The van der Waals surface area contributed by atoms with Crippen LogP contribution in [0.25, 0.3) is 0 Å². The minimum atomic E-state index is -0.203. The van der Waals surface area contributed by atoms with Gasteiger partial charge in [0, 0.05) is 28.4 Å². The molecule has 20 heavy (non-hydrogen) atoms. The molecule has 0 radical (unpaired) electrons. The molecule has 4 heteroatoms. The maximum atomic E-state index is 12.8. The second kappa shape index (κ2) is 6.72. The summed E-state index contributed by atoms with van der Waals surface area (Å²) in [6, 6.07) is 5.82. The molecule has 0 bridgehead atoms. The molecule has 0 aromatic heterocycles. The zero-order valence-electron chi connectivity index (χ0n) is 12.2. The lowest BCUT2D eigenvalue weighted by molar-refractivity contribution is -0.129. The molecule has 2 rings (SSSR count). The molecule has 1 heterocycles. The van der Waals surface area contributed by atoms with Crippen LogP contribution in [-0.2, 0) is 11.2 Å². The lowest BCUT2D eigenvalue weighted by atomic mass is 9.73. The molecule has 0 saturated carbocycles. The number of hydrogen-bond donors (Lipinski definition) is 1. The predicted molar refractivity (Wildman–Crippen MR) is 84.2 cm³/mol. The van der Waals surface area contributed by atoms with Crippen molar-refractivity contribution < 1.29 is 9.53 Å². The molecule has 110 valence electrons. The van der Waals surface area contributed by atoms with Gasteiger partial charge in [-0.2, -0.15) is 0 Å². The van der Waals surface area contributed by atoms with E-state index < -0.39 is 0 Å². The Balaban J connectivity index is 2.20. The van der Waals surface area contributed by atoms with Crippen molar-refractivity contribution >= 4 is 21.7 Å². The minimum absolute atomic E-state index is 0.203. The Labute approximate surface area is 129 Å². The summed E-state index contributed by atoms with van der Waals surface area (Å²) < 4.78 is 6.35. The van der Waals surface area contributed by atoms with Gasteiger partial charge >= 0.3 is 0 Å². The molecule has 1 atom stereocenters. The normalized spacial score (nSPS) is 22.6. The number of carbonyl (C=O) groups excluding carboxylic acids is 1. The lowest BCUT2D eigenvalue weighted by Crippen LogP contribution is -2.45. The van der Waals surface area contributed by atoms with E-state index in [-0.39, 0.29) is 5.41 Å². The maximum Gasteiger partial charge on any atom is 0.144 e. The number of benzene rings is 1. The molecule has 1 fully saturated rings. The first-order valence-electron chi connectivity index (χ1n) is 7.18. The van der Waals surface area contributed by atoms with E-state index in [0.717, 1.165) is 48.1 Å². The van der Waals surface area contributed by atoms with Crippen molar-refractivity contribution in [2.75, 3.05) is 20.2 Å². The first kappa shape index (κ1) is 15.5. The minimum Gasteiger partial charge on any atom is -0.496 e. The molecular weight excluding hydrogens is 318 g/mol. The van der Waals surface area contributed by atoms with Crippen molar-refractivity contribution in [2.24, 2.45) is 5.41 Å². The van der Waals surface area contributed by atoms with Crippen LogP contribution in [0.1, 0.15) is 31.7 Å². The highest BCUT2D eigenvalue weighted by Gasteiger charge is 2.37. The molecule has 0 spiro atoms. The average molecular weight is 340 g/mol. The predicted octanol–water partition coefficient (Wildman–Crippen LogP) is 3.35. The van der Waals surface area contributed by atoms with Gasteiger partial charge in [0.05, 0.1) is 7.11 Å².